The highest BCUT2D eigenvalue weighted by molar-refractivity contribution is 5.91. The van der Waals surface area contributed by atoms with E-state index in [-0.39, 0.29) is 0 Å². The van der Waals surface area contributed by atoms with Crippen LogP contribution in [0.5, 0.6) is 11.5 Å². The van der Waals surface area contributed by atoms with E-state index in [1.807, 2.05) is 12.1 Å². The fourth-order valence-electron chi connectivity index (χ4n) is 4.12. The Morgan fingerprint density at radius 1 is 1.07 bits per heavy atom. The van der Waals surface area contributed by atoms with Gasteiger partial charge in [0.2, 0.25) is 11.6 Å². The molecule has 1 fully saturated rings. The number of hydrogen-bond acceptors (Lipinski definition) is 4. The first-order valence-electron chi connectivity index (χ1n) is 10.1. The Morgan fingerprint density at radius 3 is 2.68 bits per heavy atom. The van der Waals surface area contributed by atoms with E-state index in [0.29, 0.717) is 11.1 Å². The zero-order chi connectivity index (χ0) is 19.4. The molecule has 1 saturated heterocycles. The number of benzene rings is 2. The molecule has 0 aliphatic carbocycles. The molecular formula is C22H29N4O2+. The van der Waals surface area contributed by atoms with Crippen molar-refractivity contribution in [1.29, 1.82) is 0 Å². The minimum absolute atomic E-state index is 0.668. The number of hydrogen-bond donors (Lipinski definition) is 2. The summed E-state index contributed by atoms with van der Waals surface area (Å²) < 4.78 is 12.6. The number of methoxy groups -OCH3 is 1. The molecule has 148 valence electrons. The zero-order valence-electron chi connectivity index (χ0n) is 16.7. The number of ether oxygens (including phenoxy) is 2. The molecule has 3 aromatic rings. The van der Waals surface area contributed by atoms with Gasteiger partial charge in [-0.25, -0.2) is 9.58 Å². The van der Waals surface area contributed by atoms with E-state index >= 15 is 0 Å². The van der Waals surface area contributed by atoms with Gasteiger partial charge in [-0.2, -0.15) is 5.10 Å². The van der Waals surface area contributed by atoms with E-state index in [2.05, 4.69) is 52.8 Å². The van der Waals surface area contributed by atoms with Gasteiger partial charge in [0, 0.05) is 19.2 Å². The highest BCUT2D eigenvalue weighted by Crippen LogP contribution is 2.46. The molecular weight excluding hydrogens is 352 g/mol. The molecule has 1 aliphatic heterocycles. The van der Waals surface area contributed by atoms with Crippen LogP contribution in [-0.2, 0) is 0 Å². The molecule has 0 radical (unpaired) electrons. The van der Waals surface area contributed by atoms with Gasteiger partial charge in [-0.05, 0) is 24.6 Å². The third kappa shape index (κ3) is 3.23. The molecule has 0 saturated carbocycles. The minimum atomic E-state index is 0.668. The molecule has 28 heavy (non-hydrogen) atoms. The molecule has 0 unspecified atom stereocenters. The molecule has 0 amide bonds. The predicted octanol–water partition coefficient (Wildman–Crippen LogP) is 3.99. The molecule has 0 atom stereocenters. The Bertz CT molecular complexity index is 931. The topological polar surface area (TPSA) is 59.2 Å². The van der Waals surface area contributed by atoms with Crippen molar-refractivity contribution in [2.45, 2.75) is 19.8 Å². The van der Waals surface area contributed by atoms with E-state index in [4.69, 9.17) is 9.47 Å². The van der Waals surface area contributed by atoms with Crippen LogP contribution in [0.4, 0.5) is 11.5 Å². The zero-order valence-corrected chi connectivity index (χ0v) is 16.7. The molecule has 2 aromatic carbocycles. The van der Waals surface area contributed by atoms with Crippen molar-refractivity contribution in [2.75, 3.05) is 39.9 Å². The lowest BCUT2D eigenvalue weighted by Crippen LogP contribution is -2.56. The van der Waals surface area contributed by atoms with Crippen molar-refractivity contribution < 1.29 is 9.47 Å². The predicted molar refractivity (Wildman–Crippen MR) is 114 cm³/mol. The van der Waals surface area contributed by atoms with Crippen LogP contribution in [0.15, 0.2) is 42.5 Å². The summed E-state index contributed by atoms with van der Waals surface area (Å²) in [5.74, 6) is 2.74. The highest BCUT2D eigenvalue weighted by Gasteiger charge is 2.41. The second-order valence-electron chi connectivity index (χ2n) is 7.26. The monoisotopic (exact) mass is 381 g/mol. The Kier molecular flexibility index (Phi) is 5.50. The van der Waals surface area contributed by atoms with Crippen molar-refractivity contribution in [3.8, 4) is 11.5 Å². The Balaban J connectivity index is 1.86. The fraction of sp³-hybridized carbons (Fsp3) is 0.409. The van der Waals surface area contributed by atoms with Crippen LogP contribution in [0, 0.1) is 0 Å². The molecule has 1 aromatic heterocycles. The molecule has 1 aliphatic rings. The van der Waals surface area contributed by atoms with E-state index in [0.717, 1.165) is 72.9 Å². The summed E-state index contributed by atoms with van der Waals surface area (Å²) in [7, 11) is 1.73. The standard InChI is InChI=1S/C22H29N4O2/c1-3-4-16-28-20-11-7-10-19(21(20)27-2)26(14-12-23-13-15-26)22-17-8-5-6-9-18(17)24-25-22/h5-11,23H,3-4,12-16H2,1-2H3,(H,24,25)/q+1. The second-order valence-corrected chi connectivity index (χ2v) is 7.26. The first-order valence-corrected chi connectivity index (χ1v) is 10.1. The number of unbranched alkanes of at least 4 members (excludes halogenated alkanes) is 1. The number of fused-ring (bicyclic) bond motifs is 1. The number of aromatic nitrogens is 2. The summed E-state index contributed by atoms with van der Waals surface area (Å²) in [5.41, 5.74) is 2.11. The average molecular weight is 382 g/mol. The van der Waals surface area contributed by atoms with Crippen LogP contribution in [0.1, 0.15) is 19.8 Å². The van der Waals surface area contributed by atoms with E-state index in [9.17, 15) is 0 Å². The van der Waals surface area contributed by atoms with Crippen LogP contribution in [-0.4, -0.2) is 50.1 Å². The van der Waals surface area contributed by atoms with Crippen LogP contribution < -0.4 is 19.3 Å². The summed E-state index contributed by atoms with van der Waals surface area (Å²) in [6.45, 7) is 6.56. The number of quaternary nitrogens is 1. The summed E-state index contributed by atoms with van der Waals surface area (Å²) in [6.07, 6.45) is 2.14. The van der Waals surface area contributed by atoms with Gasteiger partial charge in [-0.1, -0.05) is 31.5 Å². The van der Waals surface area contributed by atoms with Crippen LogP contribution >= 0.6 is 0 Å². The number of rotatable bonds is 7. The lowest BCUT2D eigenvalue weighted by molar-refractivity contribution is 0.276. The molecule has 2 N–H and O–H groups in total. The third-order valence-corrected chi connectivity index (χ3v) is 5.59. The van der Waals surface area contributed by atoms with Gasteiger partial charge in [-0.3, -0.25) is 0 Å². The van der Waals surface area contributed by atoms with Gasteiger partial charge in [0.15, 0.2) is 11.4 Å². The smallest absolute Gasteiger partial charge is 0.236 e. The number of nitrogens with one attached hydrogen (secondary N) is 2. The largest absolute Gasteiger partial charge is 0.489 e. The molecule has 6 heteroatoms. The summed E-state index contributed by atoms with van der Waals surface area (Å²) in [5, 5.41) is 12.6. The van der Waals surface area contributed by atoms with Gasteiger partial charge in [0.1, 0.15) is 13.1 Å². The maximum Gasteiger partial charge on any atom is 0.236 e. The fourth-order valence-corrected chi connectivity index (χ4v) is 4.12. The summed E-state index contributed by atoms with van der Waals surface area (Å²) in [6, 6.07) is 14.5. The molecule has 6 nitrogen and oxygen atoms in total. The average Bonchev–Trinajstić information content (AvgIpc) is 3.19. The van der Waals surface area contributed by atoms with Gasteiger partial charge in [0.05, 0.1) is 24.6 Å². The lowest BCUT2D eigenvalue weighted by atomic mass is 10.1. The van der Waals surface area contributed by atoms with Crippen molar-refractivity contribution in [3.05, 3.63) is 42.5 Å². The second kappa shape index (κ2) is 8.20. The van der Waals surface area contributed by atoms with Gasteiger partial charge in [0.25, 0.3) is 0 Å². The summed E-state index contributed by atoms with van der Waals surface area (Å²) in [4.78, 5) is 0. The maximum absolute atomic E-state index is 6.07. The lowest BCUT2D eigenvalue weighted by Gasteiger charge is -2.40. The summed E-state index contributed by atoms with van der Waals surface area (Å²) >= 11 is 0. The van der Waals surface area contributed by atoms with E-state index in [1.165, 1.54) is 0 Å². The molecule has 0 spiro atoms. The van der Waals surface area contributed by atoms with Crippen molar-refractivity contribution in [2.24, 2.45) is 0 Å². The van der Waals surface area contributed by atoms with E-state index < -0.39 is 0 Å². The van der Waals surface area contributed by atoms with E-state index in [1.54, 1.807) is 7.11 Å². The van der Waals surface area contributed by atoms with Gasteiger partial charge < -0.3 is 14.8 Å². The Labute approximate surface area is 166 Å². The van der Waals surface area contributed by atoms with Crippen LogP contribution in [0.25, 0.3) is 10.9 Å². The van der Waals surface area contributed by atoms with Crippen molar-refractivity contribution >= 4 is 22.4 Å². The van der Waals surface area contributed by atoms with Gasteiger partial charge in [-0.15, -0.1) is 0 Å². The molecule has 0 bridgehead atoms. The van der Waals surface area contributed by atoms with Crippen molar-refractivity contribution in [3.63, 3.8) is 0 Å². The Morgan fingerprint density at radius 2 is 1.89 bits per heavy atom. The first kappa shape index (κ1) is 18.8. The van der Waals surface area contributed by atoms with Gasteiger partial charge >= 0.3 is 0 Å². The Hall–Kier alpha value is -2.57. The third-order valence-electron chi connectivity index (χ3n) is 5.59. The number of H-pyrrole nitrogens is 1. The number of piperazine rings is 1. The van der Waals surface area contributed by atoms with Crippen molar-refractivity contribution in [1.82, 2.24) is 20.0 Å². The number of nitrogens with zero attached hydrogens (tertiary/aromatic N) is 2. The number of para-hydroxylation sites is 2. The minimum Gasteiger partial charge on any atom is -0.489 e. The molecule has 2 heterocycles. The molecule has 4 rings (SSSR count). The normalized spacial score (nSPS) is 16.2. The first-order chi connectivity index (χ1) is 13.8. The number of aromatic amines is 1. The SMILES string of the molecule is CCCCOc1cccc([N+]2(c3[nH]nc4ccccc34)CCNCC2)c1OC. The highest BCUT2D eigenvalue weighted by atomic mass is 16.5. The quantitative estimate of drug-likeness (QED) is 0.480. The van der Waals surface area contributed by atoms with Crippen LogP contribution in [0.3, 0.4) is 0 Å². The maximum atomic E-state index is 6.07. The van der Waals surface area contributed by atoms with Crippen LogP contribution in [0.2, 0.25) is 0 Å².